The zero-order valence-electron chi connectivity index (χ0n) is 9.42. The van der Waals surface area contributed by atoms with Gasteiger partial charge in [0.15, 0.2) is 0 Å². The number of hydrogen-bond acceptors (Lipinski definition) is 2. The van der Waals surface area contributed by atoms with E-state index in [1.165, 1.54) is 5.56 Å². The predicted molar refractivity (Wildman–Crippen MR) is 60.5 cm³/mol. The van der Waals surface area contributed by atoms with E-state index in [0.29, 0.717) is 13.0 Å². The van der Waals surface area contributed by atoms with Crippen LogP contribution in [0.1, 0.15) is 22.3 Å². The van der Waals surface area contributed by atoms with E-state index in [1.54, 1.807) is 4.90 Å². The van der Waals surface area contributed by atoms with Gasteiger partial charge in [-0.3, -0.25) is 4.79 Å². The minimum absolute atomic E-state index is 0.175. The van der Waals surface area contributed by atoms with Gasteiger partial charge in [0.2, 0.25) is 5.91 Å². The van der Waals surface area contributed by atoms with Gasteiger partial charge in [-0.05, 0) is 36.1 Å². The van der Waals surface area contributed by atoms with Crippen LogP contribution in [0.2, 0.25) is 0 Å². The second-order valence-corrected chi connectivity index (χ2v) is 4.30. The van der Waals surface area contributed by atoms with Crippen LogP contribution in [0.25, 0.3) is 0 Å². The van der Waals surface area contributed by atoms with Crippen LogP contribution < -0.4 is 5.73 Å². The standard InChI is InChI=1S/C12H16N2O/c1-7-4-9-6-14(3)11(15)5-10(9)8(2)12(7)13/h4H,5-6,13H2,1-3H3. The zero-order valence-corrected chi connectivity index (χ0v) is 9.42. The summed E-state index contributed by atoms with van der Waals surface area (Å²) in [6.07, 6.45) is 0.488. The maximum absolute atomic E-state index is 11.6. The normalized spacial score (nSPS) is 15.4. The first-order valence-electron chi connectivity index (χ1n) is 5.12. The maximum Gasteiger partial charge on any atom is 0.227 e. The van der Waals surface area contributed by atoms with E-state index in [0.717, 1.165) is 22.4 Å². The lowest BCUT2D eigenvalue weighted by Crippen LogP contribution is -2.33. The van der Waals surface area contributed by atoms with Crippen LogP contribution in [0.5, 0.6) is 0 Å². The van der Waals surface area contributed by atoms with Crippen molar-refractivity contribution in [2.24, 2.45) is 0 Å². The number of aryl methyl sites for hydroxylation is 1. The Labute approximate surface area is 89.9 Å². The molecule has 0 fully saturated rings. The van der Waals surface area contributed by atoms with Crippen molar-refractivity contribution >= 4 is 11.6 Å². The van der Waals surface area contributed by atoms with Gasteiger partial charge < -0.3 is 10.6 Å². The maximum atomic E-state index is 11.6. The van der Waals surface area contributed by atoms with E-state index in [2.05, 4.69) is 6.07 Å². The summed E-state index contributed by atoms with van der Waals surface area (Å²) in [6, 6.07) is 2.10. The molecule has 0 spiro atoms. The number of hydrogen-bond donors (Lipinski definition) is 1. The third-order valence-corrected chi connectivity index (χ3v) is 3.22. The number of nitrogen functional groups attached to an aromatic ring is 1. The lowest BCUT2D eigenvalue weighted by atomic mass is 9.91. The molecule has 3 nitrogen and oxygen atoms in total. The smallest absolute Gasteiger partial charge is 0.227 e. The number of amides is 1. The Morgan fingerprint density at radius 3 is 2.73 bits per heavy atom. The molecule has 0 aromatic heterocycles. The summed E-state index contributed by atoms with van der Waals surface area (Å²) < 4.78 is 0. The molecule has 2 N–H and O–H groups in total. The van der Waals surface area contributed by atoms with Crippen molar-refractivity contribution in [2.75, 3.05) is 12.8 Å². The number of carbonyl (C=O) groups excluding carboxylic acids is 1. The van der Waals surface area contributed by atoms with Crippen molar-refractivity contribution < 1.29 is 4.79 Å². The number of anilines is 1. The van der Waals surface area contributed by atoms with Crippen molar-refractivity contribution in [3.63, 3.8) is 0 Å². The van der Waals surface area contributed by atoms with Crippen LogP contribution in [-0.2, 0) is 17.8 Å². The zero-order chi connectivity index (χ0) is 11.2. The first-order chi connectivity index (χ1) is 7.00. The number of fused-ring (bicyclic) bond motifs is 1. The van der Waals surface area contributed by atoms with E-state index in [-0.39, 0.29) is 5.91 Å². The lowest BCUT2D eigenvalue weighted by molar-refractivity contribution is -0.130. The van der Waals surface area contributed by atoms with Gasteiger partial charge >= 0.3 is 0 Å². The van der Waals surface area contributed by atoms with Crippen LogP contribution in [0.3, 0.4) is 0 Å². The topological polar surface area (TPSA) is 46.3 Å². The van der Waals surface area contributed by atoms with Crippen molar-refractivity contribution in [3.05, 3.63) is 28.3 Å². The summed E-state index contributed by atoms with van der Waals surface area (Å²) in [7, 11) is 1.84. The van der Waals surface area contributed by atoms with Crippen molar-refractivity contribution in [3.8, 4) is 0 Å². The fraction of sp³-hybridized carbons (Fsp3) is 0.417. The SMILES string of the molecule is Cc1cc2c(c(C)c1N)CC(=O)N(C)C2. The lowest BCUT2D eigenvalue weighted by Gasteiger charge is -2.27. The monoisotopic (exact) mass is 204 g/mol. The molecular formula is C12H16N2O. The third-order valence-electron chi connectivity index (χ3n) is 3.22. The van der Waals surface area contributed by atoms with Crippen LogP contribution in [-0.4, -0.2) is 17.9 Å². The Balaban J connectivity index is 2.58. The van der Waals surface area contributed by atoms with Gasteiger partial charge in [-0.25, -0.2) is 0 Å². The number of nitrogens with zero attached hydrogens (tertiary/aromatic N) is 1. The van der Waals surface area contributed by atoms with Gasteiger partial charge in [-0.1, -0.05) is 6.07 Å². The summed E-state index contributed by atoms with van der Waals surface area (Å²) in [5.74, 6) is 0.175. The molecule has 80 valence electrons. The Morgan fingerprint density at radius 1 is 1.40 bits per heavy atom. The molecule has 0 saturated carbocycles. The van der Waals surface area contributed by atoms with E-state index in [9.17, 15) is 4.79 Å². The average molecular weight is 204 g/mol. The molecule has 0 atom stereocenters. The van der Waals surface area contributed by atoms with Gasteiger partial charge in [0.1, 0.15) is 0 Å². The van der Waals surface area contributed by atoms with E-state index >= 15 is 0 Å². The molecule has 15 heavy (non-hydrogen) atoms. The Bertz CT molecular complexity index is 438. The van der Waals surface area contributed by atoms with E-state index in [1.807, 2.05) is 20.9 Å². The van der Waals surface area contributed by atoms with Crippen LogP contribution in [0.4, 0.5) is 5.69 Å². The van der Waals surface area contributed by atoms with Gasteiger partial charge in [0, 0.05) is 19.3 Å². The molecule has 1 aromatic rings. The van der Waals surface area contributed by atoms with Gasteiger partial charge in [-0.15, -0.1) is 0 Å². The predicted octanol–water partition coefficient (Wildman–Crippen LogP) is 1.40. The van der Waals surface area contributed by atoms with Crippen molar-refractivity contribution in [1.82, 2.24) is 4.90 Å². The summed E-state index contributed by atoms with van der Waals surface area (Å²) in [6.45, 7) is 4.72. The summed E-state index contributed by atoms with van der Waals surface area (Å²) in [5.41, 5.74) is 11.3. The van der Waals surface area contributed by atoms with Gasteiger partial charge in [0.05, 0.1) is 6.42 Å². The largest absolute Gasteiger partial charge is 0.398 e. The number of carbonyl (C=O) groups is 1. The molecule has 1 heterocycles. The minimum atomic E-state index is 0.175. The highest BCUT2D eigenvalue weighted by atomic mass is 16.2. The highest BCUT2D eigenvalue weighted by Crippen LogP contribution is 2.28. The highest BCUT2D eigenvalue weighted by Gasteiger charge is 2.22. The number of benzene rings is 1. The molecule has 1 aliphatic rings. The second-order valence-electron chi connectivity index (χ2n) is 4.30. The van der Waals surface area contributed by atoms with Gasteiger partial charge in [0.25, 0.3) is 0 Å². The first-order valence-corrected chi connectivity index (χ1v) is 5.12. The molecule has 0 radical (unpaired) electrons. The van der Waals surface area contributed by atoms with Crippen molar-refractivity contribution in [2.45, 2.75) is 26.8 Å². The Kier molecular flexibility index (Phi) is 2.18. The molecule has 2 rings (SSSR count). The van der Waals surface area contributed by atoms with Crippen LogP contribution in [0, 0.1) is 13.8 Å². The molecule has 0 bridgehead atoms. The van der Waals surface area contributed by atoms with Crippen LogP contribution >= 0.6 is 0 Å². The van der Waals surface area contributed by atoms with Crippen LogP contribution in [0.15, 0.2) is 6.07 Å². The molecule has 0 aliphatic carbocycles. The third kappa shape index (κ3) is 1.48. The minimum Gasteiger partial charge on any atom is -0.398 e. The number of nitrogens with two attached hydrogens (primary N) is 1. The first kappa shape index (κ1) is 10.0. The Morgan fingerprint density at radius 2 is 2.07 bits per heavy atom. The molecular weight excluding hydrogens is 188 g/mol. The molecule has 0 unspecified atom stereocenters. The van der Waals surface area contributed by atoms with E-state index in [4.69, 9.17) is 5.73 Å². The Hall–Kier alpha value is -1.51. The quantitative estimate of drug-likeness (QED) is 0.649. The molecule has 0 saturated heterocycles. The van der Waals surface area contributed by atoms with Gasteiger partial charge in [-0.2, -0.15) is 0 Å². The highest BCUT2D eigenvalue weighted by molar-refractivity contribution is 5.82. The summed E-state index contributed by atoms with van der Waals surface area (Å²) in [5, 5.41) is 0. The molecule has 1 aliphatic heterocycles. The fourth-order valence-corrected chi connectivity index (χ4v) is 2.14. The second kappa shape index (κ2) is 3.26. The summed E-state index contributed by atoms with van der Waals surface area (Å²) in [4.78, 5) is 13.4. The fourth-order valence-electron chi connectivity index (χ4n) is 2.14. The number of rotatable bonds is 0. The van der Waals surface area contributed by atoms with E-state index < -0.39 is 0 Å². The molecule has 1 amide bonds. The number of likely N-dealkylation sites (N-methyl/N-ethyl adjacent to an activating group) is 1. The molecule has 1 aromatic carbocycles. The average Bonchev–Trinajstić information content (AvgIpc) is 2.19. The van der Waals surface area contributed by atoms with Crippen molar-refractivity contribution in [1.29, 1.82) is 0 Å². The summed E-state index contributed by atoms with van der Waals surface area (Å²) >= 11 is 0. The molecule has 3 heteroatoms.